The van der Waals surface area contributed by atoms with Gasteiger partial charge in [-0.3, -0.25) is 4.79 Å². The molecule has 1 aromatic rings. The molecule has 0 heterocycles. The minimum Gasteiger partial charge on any atom is -0.444 e. The molecular weight excluding hydrogens is 246 g/mol. The first-order valence-corrected chi connectivity index (χ1v) is 6.00. The Hall–Kier alpha value is -2.04. The standard InChI is InChI=1S/C14H18NO4/c1-14(2,3)19-13(17)15-10-9-12(16)18-11-7-5-4-6-8-11/h4-5,7-8H,9-10H2,1-3H3,(H,15,17). The van der Waals surface area contributed by atoms with Gasteiger partial charge in [0.25, 0.3) is 0 Å². The van der Waals surface area contributed by atoms with Gasteiger partial charge in [-0.2, -0.15) is 0 Å². The number of nitrogens with one attached hydrogen (secondary N) is 1. The molecule has 5 heteroatoms. The molecule has 0 aliphatic rings. The lowest BCUT2D eigenvalue weighted by molar-refractivity contribution is -0.134. The van der Waals surface area contributed by atoms with Crippen molar-refractivity contribution < 1.29 is 19.1 Å². The number of carbonyl (C=O) groups excluding carboxylic acids is 2. The maximum Gasteiger partial charge on any atom is 0.407 e. The molecular formula is C14H18NO4. The van der Waals surface area contributed by atoms with Crippen molar-refractivity contribution in [3.05, 3.63) is 30.3 Å². The predicted octanol–water partition coefficient (Wildman–Crippen LogP) is 2.31. The van der Waals surface area contributed by atoms with Crippen molar-refractivity contribution in [3.63, 3.8) is 0 Å². The Morgan fingerprint density at radius 1 is 1.37 bits per heavy atom. The molecule has 103 valence electrons. The first-order chi connectivity index (χ1) is 8.87. The van der Waals surface area contributed by atoms with Gasteiger partial charge >= 0.3 is 12.1 Å². The van der Waals surface area contributed by atoms with E-state index >= 15 is 0 Å². The minimum atomic E-state index is -0.551. The lowest BCUT2D eigenvalue weighted by Gasteiger charge is -2.19. The summed E-state index contributed by atoms with van der Waals surface area (Å²) in [4.78, 5) is 22.8. The summed E-state index contributed by atoms with van der Waals surface area (Å²) in [6.07, 6.45) is -0.470. The maximum absolute atomic E-state index is 11.5. The second kappa shape index (κ2) is 6.78. The van der Waals surface area contributed by atoms with Crippen LogP contribution in [0.3, 0.4) is 0 Å². The Morgan fingerprint density at radius 3 is 2.68 bits per heavy atom. The third kappa shape index (κ3) is 7.08. The summed E-state index contributed by atoms with van der Waals surface area (Å²) in [6, 6.07) is 9.46. The quantitative estimate of drug-likeness (QED) is 0.669. The van der Waals surface area contributed by atoms with Crippen LogP contribution in [0.5, 0.6) is 5.75 Å². The maximum atomic E-state index is 11.5. The fourth-order valence-electron chi connectivity index (χ4n) is 1.20. The molecule has 0 atom stereocenters. The largest absolute Gasteiger partial charge is 0.444 e. The number of esters is 1. The predicted molar refractivity (Wildman–Crippen MR) is 69.8 cm³/mol. The molecule has 1 aromatic carbocycles. The van der Waals surface area contributed by atoms with Gasteiger partial charge in [-0.1, -0.05) is 12.1 Å². The fraction of sp³-hybridized carbons (Fsp3) is 0.429. The minimum absolute atomic E-state index is 0.0775. The van der Waals surface area contributed by atoms with E-state index in [2.05, 4.69) is 11.4 Å². The molecule has 0 spiro atoms. The molecule has 0 aliphatic heterocycles. The van der Waals surface area contributed by atoms with Crippen molar-refractivity contribution in [2.75, 3.05) is 6.54 Å². The van der Waals surface area contributed by atoms with E-state index in [4.69, 9.17) is 9.47 Å². The van der Waals surface area contributed by atoms with Gasteiger partial charge in [-0.15, -0.1) is 0 Å². The molecule has 1 amide bonds. The Kier molecular flexibility index (Phi) is 5.36. The first-order valence-electron chi connectivity index (χ1n) is 6.00. The Bertz CT molecular complexity index is 423. The molecule has 0 aliphatic carbocycles. The van der Waals surface area contributed by atoms with E-state index in [1.165, 1.54) is 0 Å². The van der Waals surface area contributed by atoms with Gasteiger partial charge in [0.15, 0.2) is 0 Å². The average Bonchev–Trinajstić information content (AvgIpc) is 2.27. The number of rotatable bonds is 4. The second-order valence-electron chi connectivity index (χ2n) is 4.89. The van der Waals surface area contributed by atoms with E-state index in [9.17, 15) is 9.59 Å². The topological polar surface area (TPSA) is 64.6 Å². The summed E-state index contributed by atoms with van der Waals surface area (Å²) < 4.78 is 10.1. The van der Waals surface area contributed by atoms with Gasteiger partial charge in [0, 0.05) is 6.54 Å². The monoisotopic (exact) mass is 264 g/mol. The highest BCUT2D eigenvalue weighted by molar-refractivity contribution is 5.74. The van der Waals surface area contributed by atoms with E-state index in [-0.39, 0.29) is 13.0 Å². The lowest BCUT2D eigenvalue weighted by atomic mass is 10.2. The number of ether oxygens (including phenoxy) is 2. The average molecular weight is 264 g/mol. The third-order valence-electron chi connectivity index (χ3n) is 1.91. The summed E-state index contributed by atoms with van der Waals surface area (Å²) in [5.74, 6) is 0.0143. The number of benzene rings is 1. The van der Waals surface area contributed by atoms with E-state index in [1.54, 1.807) is 45.0 Å². The van der Waals surface area contributed by atoms with Crippen LogP contribution in [0.25, 0.3) is 0 Å². The smallest absolute Gasteiger partial charge is 0.407 e. The van der Waals surface area contributed by atoms with Crippen molar-refractivity contribution in [2.24, 2.45) is 0 Å². The zero-order chi connectivity index (χ0) is 14.3. The molecule has 0 unspecified atom stereocenters. The summed E-state index contributed by atoms with van der Waals surface area (Å²) in [5, 5.41) is 2.49. The van der Waals surface area contributed by atoms with E-state index in [0.29, 0.717) is 5.75 Å². The highest BCUT2D eigenvalue weighted by Crippen LogP contribution is 2.09. The zero-order valence-electron chi connectivity index (χ0n) is 11.4. The van der Waals surface area contributed by atoms with Crippen molar-refractivity contribution in [1.29, 1.82) is 0 Å². The van der Waals surface area contributed by atoms with Crippen molar-refractivity contribution in [1.82, 2.24) is 5.32 Å². The van der Waals surface area contributed by atoms with Gasteiger partial charge in [0.05, 0.1) is 6.42 Å². The van der Waals surface area contributed by atoms with Crippen molar-refractivity contribution in [2.45, 2.75) is 32.8 Å². The molecule has 0 saturated heterocycles. The van der Waals surface area contributed by atoms with E-state index in [0.717, 1.165) is 0 Å². The van der Waals surface area contributed by atoms with Crippen molar-refractivity contribution >= 4 is 12.1 Å². The lowest BCUT2D eigenvalue weighted by Crippen LogP contribution is -2.34. The van der Waals surface area contributed by atoms with Crippen LogP contribution in [0.2, 0.25) is 0 Å². The van der Waals surface area contributed by atoms with Crippen LogP contribution in [-0.2, 0) is 9.53 Å². The number of hydrogen-bond acceptors (Lipinski definition) is 4. The van der Waals surface area contributed by atoms with Crippen LogP contribution < -0.4 is 10.1 Å². The number of amides is 1. The number of alkyl carbamates (subject to hydrolysis) is 1. The van der Waals surface area contributed by atoms with E-state index < -0.39 is 17.7 Å². The Morgan fingerprint density at radius 2 is 2.11 bits per heavy atom. The zero-order valence-corrected chi connectivity index (χ0v) is 11.4. The normalized spacial score (nSPS) is 10.7. The van der Waals surface area contributed by atoms with Gasteiger partial charge < -0.3 is 14.8 Å². The second-order valence-corrected chi connectivity index (χ2v) is 4.89. The molecule has 0 bridgehead atoms. The molecule has 1 radical (unpaired) electrons. The van der Waals surface area contributed by atoms with Gasteiger partial charge in [-0.05, 0) is 39.0 Å². The molecule has 0 saturated carbocycles. The van der Waals surface area contributed by atoms with Crippen LogP contribution in [0.1, 0.15) is 27.2 Å². The summed E-state index contributed by atoms with van der Waals surface area (Å²) in [6.45, 7) is 5.48. The van der Waals surface area contributed by atoms with Crippen LogP contribution in [0, 0.1) is 6.07 Å². The third-order valence-corrected chi connectivity index (χ3v) is 1.91. The molecule has 5 nitrogen and oxygen atoms in total. The SMILES string of the molecule is CC(C)(C)OC(=O)NCCC(=O)Oc1c[c]ccc1. The van der Waals surface area contributed by atoms with Gasteiger partial charge in [-0.25, -0.2) is 4.79 Å². The molecule has 0 fully saturated rings. The molecule has 0 aromatic heterocycles. The summed E-state index contributed by atoms with van der Waals surface area (Å²) >= 11 is 0. The van der Waals surface area contributed by atoms with Crippen molar-refractivity contribution in [3.8, 4) is 5.75 Å². The number of hydrogen-bond donors (Lipinski definition) is 1. The highest BCUT2D eigenvalue weighted by Gasteiger charge is 2.16. The summed E-state index contributed by atoms with van der Waals surface area (Å²) in [7, 11) is 0. The van der Waals surface area contributed by atoms with Gasteiger partial charge in [0.1, 0.15) is 11.4 Å². The number of carbonyl (C=O) groups is 2. The van der Waals surface area contributed by atoms with E-state index in [1.807, 2.05) is 0 Å². The summed E-state index contributed by atoms with van der Waals surface area (Å²) in [5.41, 5.74) is -0.551. The molecule has 1 rings (SSSR count). The molecule has 1 N–H and O–H groups in total. The fourth-order valence-corrected chi connectivity index (χ4v) is 1.20. The van der Waals surface area contributed by atoms with Crippen LogP contribution in [-0.4, -0.2) is 24.2 Å². The highest BCUT2D eigenvalue weighted by atomic mass is 16.6. The van der Waals surface area contributed by atoms with Gasteiger partial charge in [0.2, 0.25) is 0 Å². The van der Waals surface area contributed by atoms with Crippen LogP contribution in [0.15, 0.2) is 24.3 Å². The Balaban J connectivity index is 2.23. The van der Waals surface area contributed by atoms with Crippen LogP contribution >= 0.6 is 0 Å². The first kappa shape index (κ1) is 15.0. The Labute approximate surface area is 112 Å². The van der Waals surface area contributed by atoms with Crippen LogP contribution in [0.4, 0.5) is 4.79 Å². The molecule has 19 heavy (non-hydrogen) atoms.